The molecule has 9 atom stereocenters. The van der Waals surface area contributed by atoms with Crippen LogP contribution >= 0.6 is 0 Å². The molecule has 0 aliphatic carbocycles. The van der Waals surface area contributed by atoms with Crippen molar-refractivity contribution < 1.29 is 73.5 Å². The lowest BCUT2D eigenvalue weighted by Gasteiger charge is -2.28. The van der Waals surface area contributed by atoms with Gasteiger partial charge in [0.05, 0.1) is 18.8 Å². The first-order valence-corrected chi connectivity index (χ1v) is 22.3. The Balaban J connectivity index is 3.49. The first kappa shape index (κ1) is 59.6. The van der Waals surface area contributed by atoms with E-state index in [1.165, 1.54) is 24.3 Å². The zero-order chi connectivity index (χ0) is 52.0. The summed E-state index contributed by atoms with van der Waals surface area (Å²) in [6.07, 6.45) is -3.20. The molecule has 0 saturated heterocycles. The van der Waals surface area contributed by atoms with Gasteiger partial charge in [-0.2, -0.15) is 0 Å². The minimum absolute atomic E-state index is 0.0322. The Morgan fingerprint density at radius 2 is 0.912 bits per heavy atom. The quantitative estimate of drug-likeness (QED) is 0.0362. The molecule has 0 radical (unpaired) electrons. The highest BCUT2D eigenvalue weighted by Crippen LogP contribution is 2.15. The standard InChI is InChI=1S/C44H71N9O15/c1-21(2)16-29(48-37(60)27(45)12-15-35(58)59)40(63)51-32(19-25-8-10-26(56)11-9-25)41(64)49-30(17-22(3)4)39(62)47-28(13-14-34(46)57)38(61)52-33(20-54)43(66)50-31(18-23(5)6)42(65)53-36(24(7)55)44(67)68/h8-11,21-24,27-33,36,54-56H,12-20,45H2,1-7H3,(H2,46,57)(H,47,62)(H,48,60)(H,49,64)(H,50,66)(H,51,63)(H,52,61)(H,53,65)(H,58,59)(H,67,68). The molecule has 0 fully saturated rings. The number of carbonyl (C=O) groups excluding carboxylic acids is 8. The van der Waals surface area contributed by atoms with Gasteiger partial charge in [0.15, 0.2) is 6.04 Å². The number of primary amides is 1. The fourth-order valence-electron chi connectivity index (χ4n) is 6.63. The van der Waals surface area contributed by atoms with Crippen LogP contribution in [0.5, 0.6) is 5.75 Å². The Labute approximate surface area is 394 Å². The second-order valence-electron chi connectivity index (χ2n) is 17.9. The molecule has 1 aromatic carbocycles. The van der Waals surface area contributed by atoms with Crippen molar-refractivity contribution in [1.82, 2.24) is 37.2 Å². The lowest BCUT2D eigenvalue weighted by atomic mass is 9.99. The largest absolute Gasteiger partial charge is 0.508 e. The Morgan fingerprint density at radius 1 is 0.529 bits per heavy atom. The van der Waals surface area contributed by atoms with Crippen LogP contribution in [0.2, 0.25) is 0 Å². The summed E-state index contributed by atoms with van der Waals surface area (Å²) in [6, 6.07) is -6.16. The Kier molecular flexibility index (Phi) is 25.8. The van der Waals surface area contributed by atoms with Gasteiger partial charge in [-0.25, -0.2) is 4.79 Å². The van der Waals surface area contributed by atoms with Gasteiger partial charge in [0, 0.05) is 19.3 Å². The lowest BCUT2D eigenvalue weighted by Crippen LogP contribution is -2.61. The van der Waals surface area contributed by atoms with Crippen molar-refractivity contribution in [3.63, 3.8) is 0 Å². The number of hydrogen-bond donors (Lipinski definition) is 14. The van der Waals surface area contributed by atoms with E-state index in [4.69, 9.17) is 16.6 Å². The number of aliphatic hydroxyl groups excluding tert-OH is 2. The summed E-state index contributed by atoms with van der Waals surface area (Å²) >= 11 is 0. The number of benzene rings is 1. The van der Waals surface area contributed by atoms with Crippen LogP contribution in [-0.2, 0) is 54.4 Å². The van der Waals surface area contributed by atoms with Crippen molar-refractivity contribution in [1.29, 1.82) is 0 Å². The lowest BCUT2D eigenvalue weighted by molar-refractivity contribution is -0.145. The third-order valence-corrected chi connectivity index (χ3v) is 10.2. The van der Waals surface area contributed by atoms with Crippen LogP contribution in [0, 0.1) is 17.8 Å². The van der Waals surface area contributed by atoms with Crippen molar-refractivity contribution in [2.24, 2.45) is 29.2 Å². The number of carboxylic acid groups (broad SMARTS) is 2. The number of nitrogens with two attached hydrogens (primary N) is 2. The van der Waals surface area contributed by atoms with Crippen LogP contribution in [0.15, 0.2) is 24.3 Å². The number of aliphatic hydroxyl groups is 2. The van der Waals surface area contributed by atoms with Gasteiger partial charge in [0.2, 0.25) is 47.3 Å². The average molecular weight is 966 g/mol. The summed E-state index contributed by atoms with van der Waals surface area (Å²) < 4.78 is 0. The van der Waals surface area contributed by atoms with Gasteiger partial charge >= 0.3 is 11.9 Å². The number of hydrogen-bond acceptors (Lipinski definition) is 14. The van der Waals surface area contributed by atoms with E-state index < -0.39 is 140 Å². The minimum Gasteiger partial charge on any atom is -0.508 e. The van der Waals surface area contributed by atoms with Crippen LogP contribution in [0.3, 0.4) is 0 Å². The molecule has 9 unspecified atom stereocenters. The van der Waals surface area contributed by atoms with Gasteiger partial charge in [-0.3, -0.25) is 43.2 Å². The molecule has 8 amide bonds. The van der Waals surface area contributed by atoms with Gasteiger partial charge in [-0.05, 0) is 74.5 Å². The van der Waals surface area contributed by atoms with E-state index in [-0.39, 0.29) is 55.6 Å². The molecule has 68 heavy (non-hydrogen) atoms. The predicted octanol–water partition coefficient (Wildman–Crippen LogP) is -2.62. The smallest absolute Gasteiger partial charge is 0.328 e. The number of carbonyl (C=O) groups is 10. The zero-order valence-electron chi connectivity index (χ0n) is 39.6. The number of amides is 8. The number of phenols is 1. The number of carboxylic acids is 2. The molecule has 1 rings (SSSR count). The number of aliphatic carboxylic acids is 2. The molecule has 0 aliphatic rings. The zero-order valence-corrected chi connectivity index (χ0v) is 39.6. The highest BCUT2D eigenvalue weighted by Gasteiger charge is 2.35. The fourth-order valence-corrected chi connectivity index (χ4v) is 6.63. The third kappa shape index (κ3) is 22.4. The van der Waals surface area contributed by atoms with Crippen molar-refractivity contribution in [3.8, 4) is 5.75 Å². The monoisotopic (exact) mass is 966 g/mol. The second-order valence-corrected chi connectivity index (χ2v) is 17.9. The highest BCUT2D eigenvalue weighted by atomic mass is 16.4. The maximum atomic E-state index is 14.2. The molecule has 0 heterocycles. The molecule has 0 spiro atoms. The van der Waals surface area contributed by atoms with Crippen LogP contribution < -0.4 is 48.7 Å². The average Bonchev–Trinajstić information content (AvgIpc) is 3.23. The molecule has 16 N–H and O–H groups in total. The third-order valence-electron chi connectivity index (χ3n) is 10.2. The number of phenolic OH excluding ortho intramolecular Hbond substituents is 1. The van der Waals surface area contributed by atoms with Crippen LogP contribution in [-0.4, -0.2) is 146 Å². The Bertz CT molecular complexity index is 1890. The van der Waals surface area contributed by atoms with Gasteiger partial charge in [0.25, 0.3) is 0 Å². The number of aromatic hydroxyl groups is 1. The topological polar surface area (TPSA) is 408 Å². The van der Waals surface area contributed by atoms with E-state index in [1.807, 2.05) is 0 Å². The van der Waals surface area contributed by atoms with Crippen molar-refractivity contribution in [2.75, 3.05) is 6.61 Å². The fraction of sp³-hybridized carbons (Fsp3) is 0.636. The van der Waals surface area contributed by atoms with Crippen molar-refractivity contribution in [2.45, 2.75) is 154 Å². The first-order valence-electron chi connectivity index (χ1n) is 22.3. The SMILES string of the molecule is CC(C)CC(NC(=O)C(N)CCC(=O)O)C(=O)NC(Cc1ccc(O)cc1)C(=O)NC(CC(C)C)C(=O)NC(CCC(N)=O)C(=O)NC(CO)C(=O)NC(CC(C)C)C(=O)NC(C(=O)O)C(C)O. The number of nitrogens with one attached hydrogen (secondary N) is 7. The van der Waals surface area contributed by atoms with Gasteiger partial charge in [-0.1, -0.05) is 53.7 Å². The van der Waals surface area contributed by atoms with Gasteiger partial charge in [0.1, 0.15) is 42.0 Å². The van der Waals surface area contributed by atoms with Crippen LogP contribution in [0.1, 0.15) is 99.0 Å². The molecular formula is C44H71N9O15. The first-order chi connectivity index (χ1) is 31.6. The van der Waals surface area contributed by atoms with E-state index in [0.29, 0.717) is 5.56 Å². The van der Waals surface area contributed by atoms with E-state index in [1.54, 1.807) is 41.5 Å². The molecule has 1 aromatic rings. The van der Waals surface area contributed by atoms with E-state index in [9.17, 15) is 68.4 Å². The molecule has 0 aliphatic heterocycles. The van der Waals surface area contributed by atoms with Crippen molar-refractivity contribution >= 4 is 59.2 Å². The molecule has 0 aromatic heterocycles. The van der Waals surface area contributed by atoms with Crippen LogP contribution in [0.25, 0.3) is 0 Å². The molecule has 24 heteroatoms. The maximum Gasteiger partial charge on any atom is 0.328 e. The molecule has 0 bridgehead atoms. The second kappa shape index (κ2) is 29.4. The predicted molar refractivity (Wildman–Crippen MR) is 243 cm³/mol. The normalized spacial score (nSPS) is 15.2. The molecule has 24 nitrogen and oxygen atoms in total. The maximum absolute atomic E-state index is 14.2. The summed E-state index contributed by atoms with van der Waals surface area (Å²) in [5, 5.41) is 65.3. The summed E-state index contributed by atoms with van der Waals surface area (Å²) in [4.78, 5) is 130. The summed E-state index contributed by atoms with van der Waals surface area (Å²) in [7, 11) is 0. The van der Waals surface area contributed by atoms with E-state index in [2.05, 4.69) is 37.2 Å². The molecule has 0 saturated carbocycles. The van der Waals surface area contributed by atoms with E-state index >= 15 is 0 Å². The van der Waals surface area contributed by atoms with E-state index in [0.717, 1.165) is 6.92 Å². The number of rotatable bonds is 31. The summed E-state index contributed by atoms with van der Waals surface area (Å²) in [5.41, 5.74) is 11.7. The van der Waals surface area contributed by atoms with Gasteiger partial charge in [-0.15, -0.1) is 0 Å². The van der Waals surface area contributed by atoms with Crippen LogP contribution in [0.4, 0.5) is 0 Å². The summed E-state index contributed by atoms with van der Waals surface area (Å²) in [5.74, 6) is -11.0. The minimum atomic E-state index is -1.76. The van der Waals surface area contributed by atoms with Gasteiger partial charge < -0.3 is 74.2 Å². The highest BCUT2D eigenvalue weighted by molar-refractivity contribution is 5.98. The summed E-state index contributed by atoms with van der Waals surface area (Å²) in [6.45, 7) is 10.5. The van der Waals surface area contributed by atoms with Crippen molar-refractivity contribution in [3.05, 3.63) is 29.8 Å². The molecular weight excluding hydrogens is 895 g/mol. The molecule has 382 valence electrons. The Hall–Kier alpha value is -6.40. The Morgan fingerprint density at radius 3 is 1.32 bits per heavy atom.